The molecule has 0 fully saturated rings. The average Bonchev–Trinajstić information content (AvgIpc) is 2.49. The molecule has 1 aliphatic carbocycles. The molecule has 0 heterocycles. The minimum Gasteiger partial charge on any atom is -0.352 e. The number of nitrogens with one attached hydrogen (secondary N) is 2. The lowest BCUT2D eigenvalue weighted by Gasteiger charge is -2.13. The molecular formula is C16H21ClN2O3S. The highest BCUT2D eigenvalue weighted by Gasteiger charge is 2.13. The van der Waals surface area contributed by atoms with Gasteiger partial charge in [-0.15, -0.1) is 0 Å². The van der Waals surface area contributed by atoms with E-state index >= 15 is 0 Å². The van der Waals surface area contributed by atoms with Gasteiger partial charge in [0.1, 0.15) is 0 Å². The van der Waals surface area contributed by atoms with Crippen molar-refractivity contribution in [3.63, 3.8) is 0 Å². The summed E-state index contributed by atoms with van der Waals surface area (Å²) < 4.78 is 24.9. The van der Waals surface area contributed by atoms with Crippen LogP contribution in [0, 0.1) is 0 Å². The number of carbonyl (C=O) groups excluding carboxylic acids is 1. The highest BCUT2D eigenvalue weighted by Crippen LogP contribution is 2.22. The second-order valence-electron chi connectivity index (χ2n) is 5.68. The molecule has 1 amide bonds. The van der Waals surface area contributed by atoms with E-state index in [0.29, 0.717) is 17.3 Å². The van der Waals surface area contributed by atoms with Crippen molar-refractivity contribution >= 4 is 33.2 Å². The van der Waals surface area contributed by atoms with Gasteiger partial charge in [0.25, 0.3) is 5.91 Å². The molecule has 2 rings (SSSR count). The molecule has 0 spiro atoms. The monoisotopic (exact) mass is 356 g/mol. The van der Waals surface area contributed by atoms with E-state index in [1.807, 2.05) is 0 Å². The first-order valence-corrected chi connectivity index (χ1v) is 9.85. The number of allylic oxidation sites excluding steroid dienone is 1. The van der Waals surface area contributed by atoms with Gasteiger partial charge in [0.15, 0.2) is 0 Å². The van der Waals surface area contributed by atoms with Gasteiger partial charge in [0.05, 0.1) is 16.8 Å². The molecule has 0 aliphatic heterocycles. The molecule has 5 nitrogen and oxygen atoms in total. The zero-order valence-corrected chi connectivity index (χ0v) is 14.6. The third-order valence-electron chi connectivity index (χ3n) is 3.63. The third kappa shape index (κ3) is 5.88. The number of hydrogen-bond donors (Lipinski definition) is 2. The van der Waals surface area contributed by atoms with Crippen molar-refractivity contribution in [3.8, 4) is 0 Å². The predicted molar refractivity (Wildman–Crippen MR) is 93.4 cm³/mol. The van der Waals surface area contributed by atoms with Crippen molar-refractivity contribution < 1.29 is 13.2 Å². The van der Waals surface area contributed by atoms with Crippen molar-refractivity contribution in [3.05, 3.63) is 40.4 Å². The summed E-state index contributed by atoms with van der Waals surface area (Å²) in [5, 5.41) is 3.13. The molecule has 0 bridgehead atoms. The Morgan fingerprint density at radius 2 is 2.09 bits per heavy atom. The largest absolute Gasteiger partial charge is 0.352 e. The van der Waals surface area contributed by atoms with E-state index in [1.165, 1.54) is 36.6 Å². The topological polar surface area (TPSA) is 75.3 Å². The molecule has 1 aromatic rings. The second-order valence-corrected chi connectivity index (χ2v) is 7.84. The summed E-state index contributed by atoms with van der Waals surface area (Å²) in [6, 6.07) is 4.47. The molecule has 0 radical (unpaired) electrons. The van der Waals surface area contributed by atoms with Crippen molar-refractivity contribution in [1.82, 2.24) is 5.32 Å². The molecule has 23 heavy (non-hydrogen) atoms. The van der Waals surface area contributed by atoms with Crippen LogP contribution in [0.25, 0.3) is 0 Å². The highest BCUT2D eigenvalue weighted by atomic mass is 35.5. The van der Waals surface area contributed by atoms with E-state index in [0.717, 1.165) is 25.5 Å². The Morgan fingerprint density at radius 1 is 1.30 bits per heavy atom. The summed E-state index contributed by atoms with van der Waals surface area (Å²) >= 11 is 6.04. The Labute approximate surface area is 142 Å². The van der Waals surface area contributed by atoms with Gasteiger partial charge in [0, 0.05) is 12.2 Å². The Morgan fingerprint density at radius 3 is 2.74 bits per heavy atom. The predicted octanol–water partition coefficient (Wildman–Crippen LogP) is 3.33. The summed E-state index contributed by atoms with van der Waals surface area (Å²) in [5.41, 5.74) is 1.96. The number of carbonyl (C=O) groups is 1. The second kappa shape index (κ2) is 7.84. The van der Waals surface area contributed by atoms with Crippen molar-refractivity contribution in [2.75, 3.05) is 17.5 Å². The molecule has 7 heteroatoms. The molecule has 1 aromatic carbocycles. The van der Waals surface area contributed by atoms with Crippen molar-refractivity contribution in [2.24, 2.45) is 0 Å². The average molecular weight is 357 g/mol. The maximum absolute atomic E-state index is 12.2. The molecule has 0 aromatic heterocycles. The Hall–Kier alpha value is -1.53. The van der Waals surface area contributed by atoms with Crippen molar-refractivity contribution in [2.45, 2.75) is 32.1 Å². The van der Waals surface area contributed by atoms with Crippen LogP contribution in [0.5, 0.6) is 0 Å². The van der Waals surface area contributed by atoms with Gasteiger partial charge in [-0.3, -0.25) is 9.52 Å². The first kappa shape index (κ1) is 17.8. The van der Waals surface area contributed by atoms with E-state index < -0.39 is 10.0 Å². The number of amides is 1. The van der Waals surface area contributed by atoms with E-state index in [9.17, 15) is 13.2 Å². The summed E-state index contributed by atoms with van der Waals surface area (Å²) in [6.07, 6.45) is 8.82. The van der Waals surface area contributed by atoms with Crippen LogP contribution in [0.15, 0.2) is 29.8 Å². The van der Waals surface area contributed by atoms with Gasteiger partial charge < -0.3 is 5.32 Å². The van der Waals surface area contributed by atoms with Crippen LogP contribution in [0.1, 0.15) is 42.5 Å². The number of hydrogen-bond acceptors (Lipinski definition) is 3. The first-order valence-electron chi connectivity index (χ1n) is 7.58. The van der Waals surface area contributed by atoms with E-state index in [-0.39, 0.29) is 11.5 Å². The maximum Gasteiger partial charge on any atom is 0.252 e. The Kier molecular flexibility index (Phi) is 6.07. The zero-order valence-electron chi connectivity index (χ0n) is 13.1. The van der Waals surface area contributed by atoms with Crippen LogP contribution in [-0.4, -0.2) is 27.1 Å². The van der Waals surface area contributed by atoms with Crippen LogP contribution in [0.3, 0.4) is 0 Å². The van der Waals surface area contributed by atoms with E-state index in [4.69, 9.17) is 11.6 Å². The van der Waals surface area contributed by atoms with Crippen molar-refractivity contribution in [1.29, 1.82) is 0 Å². The van der Waals surface area contributed by atoms with Gasteiger partial charge in [-0.2, -0.15) is 0 Å². The highest BCUT2D eigenvalue weighted by molar-refractivity contribution is 7.92. The SMILES string of the molecule is CS(=O)(=O)Nc1ccc(Cl)c(C(=O)NCCC2=CCCCC2)c1. The van der Waals surface area contributed by atoms with Gasteiger partial charge in [0.2, 0.25) is 10.0 Å². The summed E-state index contributed by atoms with van der Waals surface area (Å²) in [4.78, 5) is 12.2. The lowest BCUT2D eigenvalue weighted by atomic mass is 9.97. The molecule has 2 N–H and O–H groups in total. The normalized spacial score (nSPS) is 15.0. The van der Waals surface area contributed by atoms with Gasteiger partial charge in [-0.25, -0.2) is 8.42 Å². The number of anilines is 1. The minimum atomic E-state index is -3.40. The minimum absolute atomic E-state index is 0.262. The molecule has 1 aliphatic rings. The van der Waals surface area contributed by atoms with Gasteiger partial charge in [-0.05, 0) is 50.3 Å². The van der Waals surface area contributed by atoms with Crippen LogP contribution in [0.2, 0.25) is 5.02 Å². The fraction of sp³-hybridized carbons (Fsp3) is 0.438. The smallest absolute Gasteiger partial charge is 0.252 e. The molecule has 126 valence electrons. The van der Waals surface area contributed by atoms with Crippen LogP contribution >= 0.6 is 11.6 Å². The van der Waals surface area contributed by atoms with Crippen LogP contribution in [0.4, 0.5) is 5.69 Å². The first-order chi connectivity index (χ1) is 10.8. The summed E-state index contributed by atoms with van der Waals surface area (Å²) in [5.74, 6) is -0.302. The van der Waals surface area contributed by atoms with Crippen LogP contribution in [-0.2, 0) is 10.0 Å². The third-order valence-corrected chi connectivity index (χ3v) is 4.57. The number of rotatable bonds is 6. The maximum atomic E-state index is 12.2. The van der Waals surface area contributed by atoms with Gasteiger partial charge >= 0.3 is 0 Å². The Bertz CT molecular complexity index is 714. The van der Waals surface area contributed by atoms with Crippen LogP contribution < -0.4 is 10.0 Å². The summed E-state index contributed by atoms with van der Waals surface area (Å²) in [6.45, 7) is 0.546. The molecule has 0 saturated carbocycles. The lowest BCUT2D eigenvalue weighted by Crippen LogP contribution is -2.25. The van der Waals surface area contributed by atoms with Gasteiger partial charge in [-0.1, -0.05) is 23.3 Å². The molecule has 0 atom stereocenters. The number of halogens is 1. The van der Waals surface area contributed by atoms with E-state index in [2.05, 4.69) is 16.1 Å². The lowest BCUT2D eigenvalue weighted by molar-refractivity contribution is 0.0954. The zero-order chi connectivity index (χ0) is 16.9. The molecule has 0 unspecified atom stereocenters. The number of sulfonamides is 1. The summed E-state index contributed by atoms with van der Waals surface area (Å²) in [7, 11) is -3.40. The quantitative estimate of drug-likeness (QED) is 0.767. The van der Waals surface area contributed by atoms with E-state index in [1.54, 1.807) is 0 Å². The number of benzene rings is 1. The fourth-order valence-electron chi connectivity index (χ4n) is 2.54. The standard InChI is InChI=1S/C16H21ClN2O3S/c1-23(21,22)19-13-7-8-15(17)14(11-13)16(20)18-10-9-12-5-3-2-4-6-12/h5,7-8,11,19H,2-4,6,9-10H2,1H3,(H,18,20). The Balaban J connectivity index is 1.97. The molecule has 0 saturated heterocycles. The fourth-order valence-corrected chi connectivity index (χ4v) is 3.30. The molecular weight excluding hydrogens is 336 g/mol.